The van der Waals surface area contributed by atoms with Crippen LogP contribution in [0.15, 0.2) is 5.38 Å². The molecule has 1 spiro atoms. The van der Waals surface area contributed by atoms with Gasteiger partial charge >= 0.3 is 12.2 Å². The zero-order valence-corrected chi connectivity index (χ0v) is 11.5. The number of thiazole rings is 1. The summed E-state index contributed by atoms with van der Waals surface area (Å²) >= 11 is 0.877. The molecule has 0 radical (unpaired) electrons. The first-order chi connectivity index (χ1) is 9.80. The van der Waals surface area contributed by atoms with Crippen LogP contribution < -0.4 is 15.5 Å². The van der Waals surface area contributed by atoms with E-state index in [4.69, 9.17) is 0 Å². The minimum atomic E-state index is -4.48. The lowest BCUT2D eigenvalue weighted by Gasteiger charge is -2.37. The molecule has 1 atom stereocenters. The summed E-state index contributed by atoms with van der Waals surface area (Å²) in [6.07, 6.45) is -3.45. The van der Waals surface area contributed by atoms with Crippen molar-refractivity contribution in [3.05, 3.63) is 11.1 Å². The summed E-state index contributed by atoms with van der Waals surface area (Å²) in [5, 5.41) is 5.89. The molecule has 2 aliphatic heterocycles. The van der Waals surface area contributed by atoms with Gasteiger partial charge in [0.05, 0.1) is 6.54 Å². The average Bonchev–Trinajstić information content (AvgIpc) is 2.96. The Morgan fingerprint density at radius 3 is 2.71 bits per heavy atom. The third kappa shape index (κ3) is 2.43. The third-order valence-electron chi connectivity index (χ3n) is 3.56. The quantitative estimate of drug-likeness (QED) is 0.766. The lowest BCUT2D eigenvalue weighted by Crippen LogP contribution is -2.58. The number of amides is 3. The Morgan fingerprint density at radius 1 is 1.38 bits per heavy atom. The topological polar surface area (TPSA) is 74.3 Å². The average molecular weight is 320 g/mol. The van der Waals surface area contributed by atoms with E-state index in [0.29, 0.717) is 19.4 Å². The predicted octanol–water partition coefficient (Wildman–Crippen LogP) is 1.34. The molecule has 1 aromatic heterocycles. The van der Waals surface area contributed by atoms with Crippen molar-refractivity contribution in [2.75, 3.05) is 18.0 Å². The first-order valence-electron chi connectivity index (χ1n) is 6.21. The number of anilines is 1. The van der Waals surface area contributed by atoms with Crippen molar-refractivity contribution in [2.45, 2.75) is 24.6 Å². The molecule has 2 N–H and O–H groups in total. The molecule has 21 heavy (non-hydrogen) atoms. The maximum absolute atomic E-state index is 12.6. The molecule has 2 fully saturated rings. The molecule has 2 saturated heterocycles. The Kier molecular flexibility index (Phi) is 3.08. The highest BCUT2D eigenvalue weighted by molar-refractivity contribution is 7.13. The van der Waals surface area contributed by atoms with Gasteiger partial charge in [-0.25, -0.2) is 9.78 Å². The van der Waals surface area contributed by atoms with Crippen molar-refractivity contribution < 1.29 is 22.8 Å². The Bertz CT molecular complexity index is 603. The molecule has 10 heteroatoms. The van der Waals surface area contributed by atoms with Gasteiger partial charge in [-0.3, -0.25) is 10.1 Å². The fourth-order valence-electron chi connectivity index (χ4n) is 2.57. The van der Waals surface area contributed by atoms with Crippen molar-refractivity contribution in [3.63, 3.8) is 0 Å². The lowest BCUT2D eigenvalue weighted by molar-refractivity contribution is -0.140. The molecule has 0 aromatic carbocycles. The molecule has 0 aliphatic carbocycles. The number of piperidine rings is 1. The zero-order valence-electron chi connectivity index (χ0n) is 10.7. The van der Waals surface area contributed by atoms with Crippen molar-refractivity contribution in [1.29, 1.82) is 0 Å². The highest BCUT2D eigenvalue weighted by Gasteiger charge is 2.49. The van der Waals surface area contributed by atoms with Crippen LogP contribution in [0.1, 0.15) is 18.5 Å². The van der Waals surface area contributed by atoms with Gasteiger partial charge in [0.1, 0.15) is 5.54 Å². The van der Waals surface area contributed by atoms with Crippen LogP contribution >= 0.6 is 11.3 Å². The molecule has 3 rings (SSSR count). The van der Waals surface area contributed by atoms with Crippen molar-refractivity contribution in [2.24, 2.45) is 0 Å². The largest absolute Gasteiger partial charge is 0.434 e. The first kappa shape index (κ1) is 14.1. The highest BCUT2D eigenvalue weighted by atomic mass is 32.1. The van der Waals surface area contributed by atoms with Crippen LogP contribution in [0, 0.1) is 0 Å². The summed E-state index contributed by atoms with van der Waals surface area (Å²) in [7, 11) is 0. The monoisotopic (exact) mass is 320 g/mol. The van der Waals surface area contributed by atoms with Crippen molar-refractivity contribution in [3.8, 4) is 0 Å². The standard InChI is InChI=1S/C11H11F3N4O2S/c12-11(13,14)6-4-21-9(15-6)18-3-1-2-10(5-18)7(19)16-8(20)17-10/h4H,1-3,5H2,(H2,16,17,19,20). The summed E-state index contributed by atoms with van der Waals surface area (Å²) in [4.78, 5) is 28.4. The second-order valence-corrected chi connectivity index (χ2v) is 5.87. The van der Waals surface area contributed by atoms with Crippen molar-refractivity contribution >= 4 is 28.4 Å². The summed E-state index contributed by atoms with van der Waals surface area (Å²) in [5.41, 5.74) is -2.01. The van der Waals surface area contributed by atoms with E-state index in [2.05, 4.69) is 15.6 Å². The molecule has 114 valence electrons. The number of halogens is 3. The molecule has 2 aliphatic rings. The van der Waals surface area contributed by atoms with Gasteiger partial charge in [0, 0.05) is 11.9 Å². The van der Waals surface area contributed by atoms with E-state index < -0.39 is 29.3 Å². The number of aromatic nitrogens is 1. The van der Waals surface area contributed by atoms with Crippen LogP contribution in [0.25, 0.3) is 0 Å². The number of nitrogens with zero attached hydrogens (tertiary/aromatic N) is 2. The van der Waals surface area contributed by atoms with E-state index in [1.165, 1.54) is 0 Å². The second kappa shape index (κ2) is 4.58. The number of imide groups is 1. The molecular formula is C11H11F3N4O2S. The Labute approximate surface area is 121 Å². The number of rotatable bonds is 1. The minimum absolute atomic E-state index is 0.120. The Balaban J connectivity index is 1.82. The van der Waals surface area contributed by atoms with Crippen LogP contribution in [-0.2, 0) is 11.0 Å². The summed E-state index contributed by atoms with van der Waals surface area (Å²) in [5.74, 6) is -0.440. The van der Waals surface area contributed by atoms with Gasteiger partial charge in [0.25, 0.3) is 5.91 Å². The molecule has 0 saturated carbocycles. The zero-order chi connectivity index (χ0) is 15.3. The fourth-order valence-corrected chi connectivity index (χ4v) is 3.43. The van der Waals surface area contributed by atoms with Gasteiger partial charge in [-0.15, -0.1) is 11.3 Å². The normalized spacial score (nSPS) is 26.1. The van der Waals surface area contributed by atoms with E-state index in [1.54, 1.807) is 4.90 Å². The van der Waals surface area contributed by atoms with Crippen LogP contribution in [0.5, 0.6) is 0 Å². The molecule has 3 heterocycles. The smallest absolute Gasteiger partial charge is 0.345 e. The van der Waals surface area contributed by atoms with E-state index in [9.17, 15) is 22.8 Å². The minimum Gasteiger partial charge on any atom is -0.345 e. The number of carbonyl (C=O) groups is 2. The SMILES string of the molecule is O=C1NC(=O)C2(CCCN(c3nc(C(F)(F)F)cs3)C2)N1. The van der Waals surface area contributed by atoms with Crippen LogP contribution in [0.2, 0.25) is 0 Å². The number of nitrogens with one attached hydrogen (secondary N) is 2. The third-order valence-corrected chi connectivity index (χ3v) is 4.46. The Hall–Kier alpha value is -1.84. The van der Waals surface area contributed by atoms with Crippen LogP contribution in [0.4, 0.5) is 23.1 Å². The number of carbonyl (C=O) groups excluding carboxylic acids is 2. The van der Waals surface area contributed by atoms with E-state index in [1.807, 2.05) is 0 Å². The Morgan fingerprint density at radius 2 is 2.14 bits per heavy atom. The van der Waals surface area contributed by atoms with Gasteiger partial charge in [-0.2, -0.15) is 13.2 Å². The van der Waals surface area contributed by atoms with Gasteiger partial charge < -0.3 is 10.2 Å². The molecule has 6 nitrogen and oxygen atoms in total. The maximum atomic E-state index is 12.6. The molecular weight excluding hydrogens is 309 g/mol. The van der Waals surface area contributed by atoms with E-state index >= 15 is 0 Å². The fraction of sp³-hybridized carbons (Fsp3) is 0.545. The van der Waals surface area contributed by atoms with Gasteiger partial charge in [0.15, 0.2) is 10.8 Å². The molecule has 0 bridgehead atoms. The lowest BCUT2D eigenvalue weighted by atomic mass is 9.89. The number of alkyl halides is 3. The highest BCUT2D eigenvalue weighted by Crippen LogP contribution is 2.35. The van der Waals surface area contributed by atoms with Gasteiger partial charge in [-0.1, -0.05) is 0 Å². The second-order valence-electron chi connectivity index (χ2n) is 5.03. The van der Waals surface area contributed by atoms with Gasteiger partial charge in [0.2, 0.25) is 0 Å². The maximum Gasteiger partial charge on any atom is 0.434 e. The number of hydrogen-bond acceptors (Lipinski definition) is 5. The van der Waals surface area contributed by atoms with Gasteiger partial charge in [-0.05, 0) is 12.8 Å². The number of hydrogen-bond donors (Lipinski definition) is 2. The molecule has 1 unspecified atom stereocenters. The molecule has 1 aromatic rings. The van der Waals surface area contributed by atoms with Crippen molar-refractivity contribution in [1.82, 2.24) is 15.6 Å². The number of urea groups is 1. The predicted molar refractivity (Wildman–Crippen MR) is 68.0 cm³/mol. The summed E-state index contributed by atoms with van der Waals surface area (Å²) in [6, 6.07) is -0.572. The summed E-state index contributed by atoms with van der Waals surface area (Å²) in [6.45, 7) is 0.616. The van der Waals surface area contributed by atoms with E-state index in [0.717, 1.165) is 16.7 Å². The van der Waals surface area contributed by atoms with Crippen LogP contribution in [0.3, 0.4) is 0 Å². The summed E-state index contributed by atoms with van der Waals surface area (Å²) < 4.78 is 37.7. The first-order valence-corrected chi connectivity index (χ1v) is 7.09. The van der Waals surface area contributed by atoms with Crippen LogP contribution in [-0.4, -0.2) is 35.6 Å². The van der Waals surface area contributed by atoms with E-state index in [-0.39, 0.29) is 11.7 Å². The molecule has 3 amide bonds.